The lowest BCUT2D eigenvalue weighted by Crippen LogP contribution is -2.43. The molecule has 0 bridgehead atoms. The summed E-state index contributed by atoms with van der Waals surface area (Å²) in [6.45, 7) is 8.74. The molecule has 1 rings (SSSR count). The lowest BCUT2D eigenvalue weighted by atomic mass is 10.0. The molecule has 0 fully saturated rings. The maximum absolute atomic E-state index is 12.6. The van der Waals surface area contributed by atoms with E-state index in [0.717, 1.165) is 0 Å². The highest BCUT2D eigenvalue weighted by Crippen LogP contribution is 2.16. The van der Waals surface area contributed by atoms with Crippen LogP contribution in [0.15, 0.2) is 24.3 Å². The molecule has 144 valence electrons. The molecule has 0 saturated heterocycles. The molecule has 1 atom stereocenters. The van der Waals surface area contributed by atoms with Crippen LogP contribution in [0.1, 0.15) is 45.0 Å². The van der Waals surface area contributed by atoms with Gasteiger partial charge in [-0.2, -0.15) is 0 Å². The number of amides is 1. The molecule has 1 amide bonds. The van der Waals surface area contributed by atoms with Gasteiger partial charge >= 0.3 is 12.1 Å². The summed E-state index contributed by atoms with van der Waals surface area (Å²) in [5.41, 5.74) is -0.206. The molecule has 0 aliphatic carbocycles. The molecule has 0 unspecified atom stereocenters. The first-order valence-corrected chi connectivity index (χ1v) is 8.43. The highest BCUT2D eigenvalue weighted by molar-refractivity contribution is 6.01. The van der Waals surface area contributed by atoms with Crippen LogP contribution in [0.3, 0.4) is 0 Å². The number of benzene rings is 1. The summed E-state index contributed by atoms with van der Waals surface area (Å²) in [7, 11) is 1.52. The van der Waals surface area contributed by atoms with Crippen LogP contribution in [0.2, 0.25) is 0 Å². The lowest BCUT2D eigenvalue weighted by molar-refractivity contribution is -0.145. The summed E-state index contributed by atoms with van der Waals surface area (Å²) < 4.78 is 15.3. The second kappa shape index (κ2) is 9.22. The van der Waals surface area contributed by atoms with Crippen molar-refractivity contribution >= 4 is 17.8 Å². The van der Waals surface area contributed by atoms with Crippen LogP contribution in [0.25, 0.3) is 0 Å². The Bertz CT molecular complexity index is 632. The minimum atomic E-state index is -0.684. The van der Waals surface area contributed by atoms with E-state index in [-0.39, 0.29) is 12.4 Å². The number of likely N-dealkylation sites (N-methyl/N-ethyl adjacent to an activating group) is 1. The topological polar surface area (TPSA) is 82.1 Å². The van der Waals surface area contributed by atoms with Crippen molar-refractivity contribution in [3.8, 4) is 5.75 Å². The van der Waals surface area contributed by atoms with Gasteiger partial charge in [-0.15, -0.1) is 0 Å². The second-order valence-electron chi connectivity index (χ2n) is 6.75. The molecule has 0 saturated carbocycles. The Morgan fingerprint density at radius 1 is 1.12 bits per heavy atom. The van der Waals surface area contributed by atoms with Gasteiger partial charge in [0.25, 0.3) is 0 Å². The minimum absolute atomic E-state index is 0.196. The average Bonchev–Trinajstić information content (AvgIpc) is 2.57. The zero-order valence-corrected chi connectivity index (χ0v) is 16.2. The van der Waals surface area contributed by atoms with E-state index >= 15 is 0 Å². The summed E-state index contributed by atoms with van der Waals surface area (Å²) >= 11 is 0. The fourth-order valence-electron chi connectivity index (χ4n) is 1.97. The van der Waals surface area contributed by atoms with E-state index in [1.807, 2.05) is 0 Å². The summed E-state index contributed by atoms with van der Waals surface area (Å²) in [6.07, 6.45) is -0.562. The Hall–Kier alpha value is -2.57. The smallest absolute Gasteiger partial charge is 0.410 e. The predicted octanol–water partition coefficient (Wildman–Crippen LogP) is 3.07. The van der Waals surface area contributed by atoms with Gasteiger partial charge in [0.2, 0.25) is 0 Å². The van der Waals surface area contributed by atoms with E-state index < -0.39 is 23.7 Å². The number of ether oxygens (including phenoxy) is 3. The van der Waals surface area contributed by atoms with Crippen LogP contribution < -0.4 is 4.74 Å². The number of Topliss-reactive ketones (excluding diaryl/α,β-unsaturated/α-hetero) is 1. The van der Waals surface area contributed by atoms with Crippen molar-refractivity contribution in [2.24, 2.45) is 0 Å². The SMILES string of the molecule is CCOC(=O)COc1ccc(C(=O)[C@H](C)N(C)C(=O)OC(C)(C)C)cc1. The second-order valence-corrected chi connectivity index (χ2v) is 6.75. The summed E-state index contributed by atoms with van der Waals surface area (Å²) in [6, 6.07) is 5.67. The molecular weight excluding hydrogens is 338 g/mol. The fourth-order valence-corrected chi connectivity index (χ4v) is 1.97. The Kier molecular flexibility index (Phi) is 7.61. The van der Waals surface area contributed by atoms with Crippen molar-refractivity contribution in [1.82, 2.24) is 4.90 Å². The van der Waals surface area contributed by atoms with E-state index in [1.165, 1.54) is 11.9 Å². The van der Waals surface area contributed by atoms with Crippen molar-refractivity contribution in [2.45, 2.75) is 46.3 Å². The molecule has 0 spiro atoms. The number of nitrogens with zero attached hydrogens (tertiary/aromatic N) is 1. The summed E-state index contributed by atoms with van der Waals surface area (Å²) in [5.74, 6) is -0.238. The van der Waals surface area contributed by atoms with Crippen LogP contribution in [-0.4, -0.2) is 54.7 Å². The van der Waals surface area contributed by atoms with Crippen LogP contribution in [-0.2, 0) is 14.3 Å². The molecule has 0 aliphatic rings. The first-order valence-electron chi connectivity index (χ1n) is 8.43. The fraction of sp³-hybridized carbons (Fsp3) is 0.526. The predicted molar refractivity (Wildman–Crippen MR) is 96.4 cm³/mol. The molecule has 26 heavy (non-hydrogen) atoms. The van der Waals surface area contributed by atoms with Gasteiger partial charge in [0, 0.05) is 12.6 Å². The maximum Gasteiger partial charge on any atom is 0.410 e. The molecule has 1 aromatic carbocycles. The lowest BCUT2D eigenvalue weighted by Gasteiger charge is -2.28. The Morgan fingerprint density at radius 2 is 1.69 bits per heavy atom. The molecule has 7 nitrogen and oxygen atoms in total. The van der Waals surface area contributed by atoms with Gasteiger partial charge in [-0.1, -0.05) is 0 Å². The Labute approximate surface area is 154 Å². The maximum atomic E-state index is 12.6. The van der Waals surface area contributed by atoms with E-state index in [0.29, 0.717) is 17.9 Å². The quantitative estimate of drug-likeness (QED) is 0.545. The van der Waals surface area contributed by atoms with Gasteiger partial charge in [-0.3, -0.25) is 4.79 Å². The number of hydrogen-bond donors (Lipinski definition) is 0. The van der Waals surface area contributed by atoms with E-state index in [2.05, 4.69) is 0 Å². The van der Waals surface area contributed by atoms with Crippen molar-refractivity contribution in [2.75, 3.05) is 20.3 Å². The minimum Gasteiger partial charge on any atom is -0.482 e. The highest BCUT2D eigenvalue weighted by atomic mass is 16.6. The third kappa shape index (κ3) is 6.74. The molecule has 0 aromatic heterocycles. The average molecular weight is 365 g/mol. The van der Waals surface area contributed by atoms with Crippen molar-refractivity contribution in [3.05, 3.63) is 29.8 Å². The standard InChI is InChI=1S/C19H27NO6/c1-7-24-16(21)12-25-15-10-8-14(9-11-15)17(22)13(2)20(6)18(23)26-19(3,4)5/h8-11,13H,7,12H2,1-6H3/t13-/m0/s1. The van der Waals surface area contributed by atoms with Gasteiger partial charge in [0.15, 0.2) is 12.4 Å². The molecule has 1 aromatic rings. The number of hydrogen-bond acceptors (Lipinski definition) is 6. The van der Waals surface area contributed by atoms with Crippen molar-refractivity contribution < 1.29 is 28.6 Å². The van der Waals surface area contributed by atoms with Gasteiger partial charge in [0.1, 0.15) is 11.4 Å². The number of ketones is 1. The van der Waals surface area contributed by atoms with Gasteiger partial charge in [-0.05, 0) is 58.9 Å². The summed E-state index contributed by atoms with van der Waals surface area (Å²) in [5, 5.41) is 0. The molecular formula is C19H27NO6. The van der Waals surface area contributed by atoms with Gasteiger partial charge < -0.3 is 19.1 Å². The van der Waals surface area contributed by atoms with E-state index in [4.69, 9.17) is 14.2 Å². The third-order valence-corrected chi connectivity index (χ3v) is 3.44. The van der Waals surface area contributed by atoms with Gasteiger partial charge in [-0.25, -0.2) is 9.59 Å². The normalized spacial score (nSPS) is 12.1. The van der Waals surface area contributed by atoms with E-state index in [9.17, 15) is 14.4 Å². The molecule has 0 N–H and O–H groups in total. The zero-order chi connectivity index (χ0) is 19.9. The van der Waals surface area contributed by atoms with Crippen molar-refractivity contribution in [1.29, 1.82) is 0 Å². The highest BCUT2D eigenvalue weighted by Gasteiger charge is 2.27. The Balaban J connectivity index is 2.69. The first kappa shape index (κ1) is 21.5. The number of carbonyl (C=O) groups is 3. The molecule has 7 heteroatoms. The van der Waals surface area contributed by atoms with E-state index in [1.54, 1.807) is 58.9 Å². The van der Waals surface area contributed by atoms with Gasteiger partial charge in [0.05, 0.1) is 12.6 Å². The monoisotopic (exact) mass is 365 g/mol. The van der Waals surface area contributed by atoms with Crippen LogP contribution in [0.5, 0.6) is 5.75 Å². The largest absolute Gasteiger partial charge is 0.482 e. The molecule has 0 aliphatic heterocycles. The summed E-state index contributed by atoms with van der Waals surface area (Å²) in [4.78, 5) is 37.2. The first-order chi connectivity index (χ1) is 12.0. The number of esters is 1. The zero-order valence-electron chi connectivity index (χ0n) is 16.2. The van der Waals surface area contributed by atoms with Crippen LogP contribution >= 0.6 is 0 Å². The number of carbonyl (C=O) groups excluding carboxylic acids is 3. The van der Waals surface area contributed by atoms with Crippen molar-refractivity contribution in [3.63, 3.8) is 0 Å². The molecule has 0 heterocycles. The van der Waals surface area contributed by atoms with Crippen LogP contribution in [0.4, 0.5) is 4.79 Å². The Morgan fingerprint density at radius 3 is 2.19 bits per heavy atom. The number of rotatable bonds is 7. The van der Waals surface area contributed by atoms with Crippen LogP contribution in [0, 0.1) is 0 Å². The molecule has 0 radical (unpaired) electrons. The third-order valence-electron chi connectivity index (χ3n) is 3.44.